The summed E-state index contributed by atoms with van der Waals surface area (Å²) in [6, 6.07) is 6.78. The van der Waals surface area contributed by atoms with Gasteiger partial charge in [-0.3, -0.25) is 0 Å². The molecule has 0 N–H and O–H groups in total. The van der Waals surface area contributed by atoms with Crippen molar-refractivity contribution in [2.45, 2.75) is 33.6 Å². The fourth-order valence-corrected chi connectivity index (χ4v) is 2.52. The fraction of sp³-hybridized carbons (Fsp3) is 0.538. The predicted molar refractivity (Wildman–Crippen MR) is 71.7 cm³/mol. The molecule has 0 aliphatic carbocycles. The maximum absolute atomic E-state index is 2.39. The highest BCUT2D eigenvalue weighted by atomic mass is 32.2. The van der Waals surface area contributed by atoms with Crippen molar-refractivity contribution in [3.8, 4) is 0 Å². The fourth-order valence-electron chi connectivity index (χ4n) is 1.84. The molecular formula is C13H21NS. The van der Waals surface area contributed by atoms with Crippen LogP contribution >= 0.6 is 11.9 Å². The van der Waals surface area contributed by atoms with Crippen molar-refractivity contribution in [2.75, 3.05) is 17.1 Å². The minimum atomic E-state index is 1.19. The summed E-state index contributed by atoms with van der Waals surface area (Å²) < 4.78 is 2.39. The van der Waals surface area contributed by atoms with E-state index in [0.717, 1.165) is 0 Å². The van der Waals surface area contributed by atoms with Crippen LogP contribution in [0.1, 0.15) is 31.4 Å². The second-order valence-corrected chi connectivity index (χ2v) is 4.33. The number of hydrogen-bond acceptors (Lipinski definition) is 2. The molecule has 1 aromatic carbocycles. The standard InChI is InChI=1S/C11H15NS.C2H6/c1-9-5-6-10-4-3-7-12(13-2)11(10)8-9;1-2/h5-6,8H,3-4,7H2,1-2H3;1-2H3. The number of nitrogens with zero attached hydrogens (tertiary/aromatic N) is 1. The molecule has 0 fully saturated rings. The average Bonchev–Trinajstić information content (AvgIpc) is 2.31. The van der Waals surface area contributed by atoms with E-state index in [-0.39, 0.29) is 0 Å². The molecule has 0 aromatic heterocycles. The molecule has 0 saturated carbocycles. The van der Waals surface area contributed by atoms with E-state index < -0.39 is 0 Å². The van der Waals surface area contributed by atoms with Crippen LogP contribution in [0.4, 0.5) is 5.69 Å². The Morgan fingerprint density at radius 2 is 2.00 bits per heavy atom. The Morgan fingerprint density at radius 3 is 2.67 bits per heavy atom. The molecule has 0 atom stereocenters. The minimum Gasteiger partial charge on any atom is -0.316 e. The zero-order valence-electron chi connectivity index (χ0n) is 10.2. The number of benzene rings is 1. The van der Waals surface area contributed by atoms with E-state index in [1.807, 2.05) is 25.8 Å². The largest absolute Gasteiger partial charge is 0.316 e. The molecule has 1 aliphatic rings. The molecule has 0 amide bonds. The monoisotopic (exact) mass is 223 g/mol. The summed E-state index contributed by atoms with van der Waals surface area (Å²) in [6.45, 7) is 7.35. The number of aryl methyl sites for hydroxylation is 2. The van der Waals surface area contributed by atoms with Gasteiger partial charge in [0.2, 0.25) is 0 Å². The van der Waals surface area contributed by atoms with Crippen LogP contribution in [0.15, 0.2) is 18.2 Å². The Bertz CT molecular complexity index is 309. The van der Waals surface area contributed by atoms with Gasteiger partial charge in [-0.15, -0.1) is 0 Å². The summed E-state index contributed by atoms with van der Waals surface area (Å²) in [6.07, 6.45) is 4.68. The lowest BCUT2D eigenvalue weighted by molar-refractivity contribution is 0.795. The SMILES string of the molecule is CC.CSN1CCCc2ccc(C)cc21. The van der Waals surface area contributed by atoms with Crippen molar-refractivity contribution in [3.63, 3.8) is 0 Å². The van der Waals surface area contributed by atoms with Gasteiger partial charge in [0.15, 0.2) is 0 Å². The highest BCUT2D eigenvalue weighted by Crippen LogP contribution is 2.31. The number of anilines is 1. The van der Waals surface area contributed by atoms with E-state index in [1.54, 1.807) is 0 Å². The van der Waals surface area contributed by atoms with E-state index in [0.29, 0.717) is 0 Å². The highest BCUT2D eigenvalue weighted by Gasteiger charge is 2.15. The van der Waals surface area contributed by atoms with Crippen LogP contribution in [0.25, 0.3) is 0 Å². The van der Waals surface area contributed by atoms with Crippen molar-refractivity contribution >= 4 is 17.6 Å². The van der Waals surface area contributed by atoms with Gasteiger partial charge in [-0.25, -0.2) is 0 Å². The molecule has 1 heterocycles. The number of rotatable bonds is 1. The molecule has 0 spiro atoms. The first-order chi connectivity index (χ1) is 7.31. The maximum atomic E-state index is 2.39. The van der Waals surface area contributed by atoms with E-state index in [9.17, 15) is 0 Å². The Kier molecular flexibility index (Phi) is 5.03. The van der Waals surface area contributed by atoms with Gasteiger partial charge in [-0.1, -0.05) is 37.9 Å². The molecule has 0 radical (unpaired) electrons. The molecule has 1 aliphatic heterocycles. The van der Waals surface area contributed by atoms with Crippen LogP contribution in [0.2, 0.25) is 0 Å². The Hall–Kier alpha value is -0.630. The predicted octanol–water partition coefficient (Wildman–Crippen LogP) is 4.05. The zero-order valence-corrected chi connectivity index (χ0v) is 11.0. The van der Waals surface area contributed by atoms with E-state index in [4.69, 9.17) is 0 Å². The second kappa shape index (κ2) is 6.06. The number of fused-ring (bicyclic) bond motifs is 1. The first-order valence-electron chi connectivity index (χ1n) is 5.72. The molecule has 2 heteroatoms. The molecular weight excluding hydrogens is 202 g/mol. The van der Waals surface area contributed by atoms with Crippen molar-refractivity contribution in [1.82, 2.24) is 0 Å². The first-order valence-corrected chi connectivity index (χ1v) is 6.90. The van der Waals surface area contributed by atoms with Gasteiger partial charge in [-0.2, -0.15) is 0 Å². The zero-order chi connectivity index (χ0) is 11.3. The van der Waals surface area contributed by atoms with Crippen molar-refractivity contribution in [2.24, 2.45) is 0 Å². The molecule has 2 rings (SSSR count). The van der Waals surface area contributed by atoms with Crippen LogP contribution in [-0.4, -0.2) is 12.8 Å². The second-order valence-electron chi connectivity index (χ2n) is 3.52. The van der Waals surface area contributed by atoms with Crippen LogP contribution in [0.5, 0.6) is 0 Å². The topological polar surface area (TPSA) is 3.24 Å². The number of hydrogen-bond donors (Lipinski definition) is 0. The third-order valence-corrected chi connectivity index (χ3v) is 3.36. The Labute approximate surface area is 98.0 Å². The normalized spacial score (nSPS) is 14.0. The molecule has 1 aromatic rings. The molecule has 84 valence electrons. The van der Waals surface area contributed by atoms with E-state index in [1.165, 1.54) is 36.2 Å². The van der Waals surface area contributed by atoms with Gasteiger partial charge < -0.3 is 4.31 Å². The van der Waals surface area contributed by atoms with Crippen molar-refractivity contribution in [3.05, 3.63) is 29.3 Å². The van der Waals surface area contributed by atoms with Gasteiger partial charge in [0.05, 0.1) is 5.69 Å². The van der Waals surface area contributed by atoms with Crippen molar-refractivity contribution < 1.29 is 0 Å². The van der Waals surface area contributed by atoms with Crippen LogP contribution < -0.4 is 4.31 Å². The van der Waals surface area contributed by atoms with Gasteiger partial charge in [-0.05, 0) is 37.0 Å². The van der Waals surface area contributed by atoms with E-state index in [2.05, 4.69) is 35.7 Å². The first kappa shape index (κ1) is 12.4. The molecule has 0 unspecified atom stereocenters. The van der Waals surface area contributed by atoms with E-state index >= 15 is 0 Å². The summed E-state index contributed by atoms with van der Waals surface area (Å²) in [5, 5.41) is 0. The molecule has 1 nitrogen and oxygen atoms in total. The van der Waals surface area contributed by atoms with Gasteiger partial charge >= 0.3 is 0 Å². The summed E-state index contributed by atoms with van der Waals surface area (Å²) in [5.41, 5.74) is 4.30. The summed E-state index contributed by atoms with van der Waals surface area (Å²) in [5.74, 6) is 0. The molecule has 0 saturated heterocycles. The Morgan fingerprint density at radius 1 is 1.27 bits per heavy atom. The molecule has 15 heavy (non-hydrogen) atoms. The van der Waals surface area contributed by atoms with Gasteiger partial charge in [0.1, 0.15) is 0 Å². The average molecular weight is 223 g/mol. The van der Waals surface area contributed by atoms with Crippen molar-refractivity contribution in [1.29, 1.82) is 0 Å². The maximum Gasteiger partial charge on any atom is 0.0504 e. The highest BCUT2D eigenvalue weighted by molar-refractivity contribution is 7.99. The third kappa shape index (κ3) is 2.91. The summed E-state index contributed by atoms with van der Waals surface area (Å²) in [7, 11) is 0. The smallest absolute Gasteiger partial charge is 0.0504 e. The lowest BCUT2D eigenvalue weighted by Crippen LogP contribution is -2.21. The molecule has 0 bridgehead atoms. The van der Waals surface area contributed by atoms with Gasteiger partial charge in [0.25, 0.3) is 0 Å². The Balaban J connectivity index is 0.000000531. The third-order valence-electron chi connectivity index (χ3n) is 2.54. The van der Waals surface area contributed by atoms with Crippen LogP contribution in [0.3, 0.4) is 0 Å². The summed E-state index contributed by atoms with van der Waals surface area (Å²) in [4.78, 5) is 0. The quantitative estimate of drug-likeness (QED) is 0.661. The lowest BCUT2D eigenvalue weighted by Gasteiger charge is -2.29. The van der Waals surface area contributed by atoms with Crippen LogP contribution in [0, 0.1) is 6.92 Å². The lowest BCUT2D eigenvalue weighted by atomic mass is 10.0. The van der Waals surface area contributed by atoms with Gasteiger partial charge in [0, 0.05) is 12.8 Å². The minimum absolute atomic E-state index is 1.19. The summed E-state index contributed by atoms with van der Waals surface area (Å²) >= 11 is 1.83. The van der Waals surface area contributed by atoms with Crippen LogP contribution in [-0.2, 0) is 6.42 Å².